The molecule has 0 aromatic carbocycles. The van der Waals surface area contributed by atoms with E-state index in [2.05, 4.69) is 34.0 Å². The standard InChI is InChI=1S/C23H32N4O2/c1-16-11-17(2)15-27(14-16)8-7-25-23(28)22-12-19(18-4-9-29-10-5-18)20-13-24-6-3-21(20)26-22/h3,6,12-13,16-18H,4-5,7-11,14-15H2,1-2H3,(H,25,28)/t16-,17-/m1/s1. The number of rotatable bonds is 5. The van der Waals surface area contributed by atoms with Crippen molar-refractivity contribution in [1.82, 2.24) is 20.2 Å². The molecule has 6 nitrogen and oxygen atoms in total. The molecule has 156 valence electrons. The Labute approximate surface area is 173 Å². The van der Waals surface area contributed by atoms with Crippen LogP contribution in [0.3, 0.4) is 0 Å². The van der Waals surface area contributed by atoms with Crippen molar-refractivity contribution in [2.24, 2.45) is 11.8 Å². The molecule has 0 radical (unpaired) electrons. The first-order chi connectivity index (χ1) is 14.1. The van der Waals surface area contributed by atoms with Crippen molar-refractivity contribution in [3.63, 3.8) is 0 Å². The zero-order valence-corrected chi connectivity index (χ0v) is 17.6. The van der Waals surface area contributed by atoms with Gasteiger partial charge in [-0.1, -0.05) is 13.8 Å². The van der Waals surface area contributed by atoms with Crippen molar-refractivity contribution in [3.8, 4) is 0 Å². The lowest BCUT2D eigenvalue weighted by Crippen LogP contribution is -2.43. The van der Waals surface area contributed by atoms with Gasteiger partial charge in [0.15, 0.2) is 0 Å². The maximum Gasteiger partial charge on any atom is 0.269 e. The van der Waals surface area contributed by atoms with E-state index in [0.29, 0.717) is 18.2 Å². The van der Waals surface area contributed by atoms with Crippen molar-refractivity contribution >= 4 is 16.8 Å². The number of amides is 1. The number of hydrogen-bond donors (Lipinski definition) is 1. The van der Waals surface area contributed by atoms with Crippen LogP contribution in [0.2, 0.25) is 0 Å². The lowest BCUT2D eigenvalue weighted by Gasteiger charge is -2.34. The molecule has 0 aliphatic carbocycles. The van der Waals surface area contributed by atoms with Crippen LogP contribution in [0.4, 0.5) is 0 Å². The van der Waals surface area contributed by atoms with E-state index in [0.717, 1.165) is 68.4 Å². The molecular formula is C23H32N4O2. The molecule has 2 aromatic rings. The van der Waals surface area contributed by atoms with Gasteiger partial charge in [0.1, 0.15) is 5.69 Å². The summed E-state index contributed by atoms with van der Waals surface area (Å²) in [6.45, 7) is 9.95. The summed E-state index contributed by atoms with van der Waals surface area (Å²) in [5.41, 5.74) is 2.52. The van der Waals surface area contributed by atoms with Gasteiger partial charge in [0.05, 0.1) is 5.52 Å². The normalized spacial score (nSPS) is 23.9. The number of pyridine rings is 2. The maximum absolute atomic E-state index is 12.9. The number of nitrogens with one attached hydrogen (secondary N) is 1. The Balaban J connectivity index is 1.46. The van der Waals surface area contributed by atoms with Crippen molar-refractivity contribution < 1.29 is 9.53 Å². The zero-order valence-electron chi connectivity index (χ0n) is 17.6. The van der Waals surface area contributed by atoms with Gasteiger partial charge >= 0.3 is 0 Å². The SMILES string of the molecule is C[C@@H]1C[C@@H](C)CN(CCNC(=O)c2cc(C3CCOCC3)c3cnccc3n2)C1. The molecule has 1 N–H and O–H groups in total. The van der Waals surface area contributed by atoms with E-state index in [4.69, 9.17) is 4.74 Å². The lowest BCUT2D eigenvalue weighted by atomic mass is 9.89. The van der Waals surface area contributed by atoms with E-state index < -0.39 is 0 Å². The number of piperidine rings is 1. The Bertz CT molecular complexity index is 840. The number of ether oxygens (including phenoxy) is 1. The highest BCUT2D eigenvalue weighted by atomic mass is 16.5. The quantitative estimate of drug-likeness (QED) is 0.840. The van der Waals surface area contributed by atoms with Crippen LogP contribution in [0, 0.1) is 11.8 Å². The van der Waals surface area contributed by atoms with Crippen LogP contribution in [-0.4, -0.2) is 60.2 Å². The zero-order chi connectivity index (χ0) is 20.2. The minimum absolute atomic E-state index is 0.0878. The third-order valence-corrected chi connectivity index (χ3v) is 6.19. The fourth-order valence-corrected chi connectivity index (χ4v) is 4.95. The average Bonchev–Trinajstić information content (AvgIpc) is 2.73. The van der Waals surface area contributed by atoms with Gasteiger partial charge < -0.3 is 15.0 Å². The monoisotopic (exact) mass is 396 g/mol. The molecule has 6 heteroatoms. The van der Waals surface area contributed by atoms with Crippen molar-refractivity contribution in [2.75, 3.05) is 39.4 Å². The van der Waals surface area contributed by atoms with E-state index >= 15 is 0 Å². The first-order valence-corrected chi connectivity index (χ1v) is 10.9. The van der Waals surface area contributed by atoms with Crippen LogP contribution in [0.1, 0.15) is 55.1 Å². The molecule has 0 bridgehead atoms. The molecule has 2 aliphatic rings. The molecule has 2 fully saturated rings. The Kier molecular flexibility index (Phi) is 6.40. The summed E-state index contributed by atoms with van der Waals surface area (Å²) < 4.78 is 5.52. The van der Waals surface area contributed by atoms with E-state index in [1.54, 1.807) is 6.20 Å². The fraction of sp³-hybridized carbons (Fsp3) is 0.609. The Hall–Kier alpha value is -2.05. The summed E-state index contributed by atoms with van der Waals surface area (Å²) in [5, 5.41) is 4.14. The first-order valence-electron chi connectivity index (χ1n) is 10.9. The fourth-order valence-electron chi connectivity index (χ4n) is 4.95. The van der Waals surface area contributed by atoms with Gasteiger partial charge in [-0.15, -0.1) is 0 Å². The predicted molar refractivity (Wildman–Crippen MR) is 114 cm³/mol. The number of nitrogens with zero attached hydrogens (tertiary/aromatic N) is 3. The van der Waals surface area contributed by atoms with Crippen LogP contribution in [-0.2, 0) is 4.74 Å². The Morgan fingerprint density at radius 2 is 2.00 bits per heavy atom. The van der Waals surface area contributed by atoms with Crippen molar-refractivity contribution in [3.05, 3.63) is 35.8 Å². The third kappa shape index (κ3) is 4.93. The van der Waals surface area contributed by atoms with E-state index in [-0.39, 0.29) is 5.91 Å². The van der Waals surface area contributed by atoms with Crippen molar-refractivity contribution in [1.29, 1.82) is 0 Å². The molecule has 4 rings (SSSR count). The molecule has 1 amide bonds. The van der Waals surface area contributed by atoms with Crippen LogP contribution in [0.25, 0.3) is 10.9 Å². The number of aromatic nitrogens is 2. The molecule has 0 spiro atoms. The topological polar surface area (TPSA) is 67.4 Å². The van der Waals surface area contributed by atoms with E-state index in [9.17, 15) is 4.79 Å². The van der Waals surface area contributed by atoms with E-state index in [1.165, 1.54) is 12.0 Å². The molecule has 4 heterocycles. The van der Waals surface area contributed by atoms with E-state index in [1.807, 2.05) is 18.3 Å². The summed E-state index contributed by atoms with van der Waals surface area (Å²) in [6.07, 6.45) is 6.85. The van der Waals surface area contributed by atoms with Crippen LogP contribution >= 0.6 is 0 Å². The minimum Gasteiger partial charge on any atom is -0.381 e. The predicted octanol–water partition coefficient (Wildman–Crippen LogP) is 3.23. The summed E-state index contributed by atoms with van der Waals surface area (Å²) in [5.74, 6) is 1.76. The van der Waals surface area contributed by atoms with Gasteiger partial charge in [0.2, 0.25) is 0 Å². The van der Waals surface area contributed by atoms with Gasteiger partial charge in [-0.3, -0.25) is 9.78 Å². The Morgan fingerprint density at radius 3 is 2.76 bits per heavy atom. The number of likely N-dealkylation sites (tertiary alicyclic amines) is 1. The highest BCUT2D eigenvalue weighted by Crippen LogP contribution is 2.32. The number of carbonyl (C=O) groups excluding carboxylic acids is 1. The molecule has 2 saturated heterocycles. The number of hydrogen-bond acceptors (Lipinski definition) is 5. The summed E-state index contributed by atoms with van der Waals surface area (Å²) >= 11 is 0. The smallest absolute Gasteiger partial charge is 0.269 e. The molecule has 29 heavy (non-hydrogen) atoms. The maximum atomic E-state index is 12.9. The first kappa shape index (κ1) is 20.2. The number of fused-ring (bicyclic) bond motifs is 1. The third-order valence-electron chi connectivity index (χ3n) is 6.19. The second kappa shape index (κ2) is 9.18. The average molecular weight is 397 g/mol. The second-order valence-corrected chi connectivity index (χ2v) is 8.84. The second-order valence-electron chi connectivity index (χ2n) is 8.84. The molecule has 0 saturated carbocycles. The summed E-state index contributed by atoms with van der Waals surface area (Å²) in [7, 11) is 0. The van der Waals surface area contributed by atoms with Crippen LogP contribution in [0.5, 0.6) is 0 Å². The largest absolute Gasteiger partial charge is 0.381 e. The lowest BCUT2D eigenvalue weighted by molar-refractivity contribution is 0.0855. The van der Waals surface area contributed by atoms with Gasteiger partial charge in [-0.25, -0.2) is 4.98 Å². The molecular weight excluding hydrogens is 364 g/mol. The Morgan fingerprint density at radius 1 is 1.24 bits per heavy atom. The van der Waals surface area contributed by atoms with Crippen LogP contribution < -0.4 is 5.32 Å². The van der Waals surface area contributed by atoms with Gasteiger partial charge in [0, 0.05) is 57.2 Å². The molecule has 0 unspecified atom stereocenters. The van der Waals surface area contributed by atoms with Gasteiger partial charge in [-0.05, 0) is 54.7 Å². The highest BCUT2D eigenvalue weighted by Gasteiger charge is 2.23. The summed E-state index contributed by atoms with van der Waals surface area (Å²) in [4.78, 5) is 24.2. The van der Waals surface area contributed by atoms with Gasteiger partial charge in [-0.2, -0.15) is 0 Å². The molecule has 2 aliphatic heterocycles. The summed E-state index contributed by atoms with van der Waals surface area (Å²) in [6, 6.07) is 3.87. The minimum atomic E-state index is -0.0878. The highest BCUT2D eigenvalue weighted by molar-refractivity contribution is 5.96. The van der Waals surface area contributed by atoms with Crippen molar-refractivity contribution in [2.45, 2.75) is 39.0 Å². The molecule has 2 aromatic heterocycles. The van der Waals surface area contributed by atoms with Gasteiger partial charge in [0.25, 0.3) is 5.91 Å². The number of carbonyl (C=O) groups is 1. The van der Waals surface area contributed by atoms with Crippen LogP contribution in [0.15, 0.2) is 24.5 Å². The molecule has 2 atom stereocenters.